The molecule has 0 N–H and O–H groups in total. The van der Waals surface area contributed by atoms with Crippen molar-refractivity contribution in [2.75, 3.05) is 13.7 Å². The molecule has 0 aliphatic heterocycles. The van der Waals surface area contributed by atoms with E-state index in [1.54, 1.807) is 7.11 Å². The van der Waals surface area contributed by atoms with E-state index < -0.39 is 0 Å². The SMILES string of the molecule is COCCc1cnc(-c2ccc3c(F)c(CCc4ccc(Cl)cc4)ccc3c2)nc1. The summed E-state index contributed by atoms with van der Waals surface area (Å²) >= 11 is 5.93. The molecule has 5 heteroatoms. The number of hydrogen-bond donors (Lipinski definition) is 0. The molecule has 0 unspecified atom stereocenters. The van der Waals surface area contributed by atoms with Gasteiger partial charge in [-0.2, -0.15) is 0 Å². The first-order chi connectivity index (χ1) is 14.6. The fourth-order valence-electron chi connectivity index (χ4n) is 3.45. The van der Waals surface area contributed by atoms with E-state index in [1.807, 2.05) is 67.0 Å². The number of fused-ring (bicyclic) bond motifs is 1. The number of ether oxygens (including phenoxy) is 1. The third-order valence-corrected chi connectivity index (χ3v) is 5.44. The summed E-state index contributed by atoms with van der Waals surface area (Å²) in [5.41, 5.74) is 3.75. The van der Waals surface area contributed by atoms with Crippen LogP contribution >= 0.6 is 11.6 Å². The molecule has 0 spiro atoms. The van der Waals surface area contributed by atoms with E-state index in [1.165, 1.54) is 0 Å². The van der Waals surface area contributed by atoms with Gasteiger partial charge in [0.25, 0.3) is 0 Å². The molecule has 0 atom stereocenters. The van der Waals surface area contributed by atoms with Gasteiger partial charge in [0.15, 0.2) is 5.82 Å². The summed E-state index contributed by atoms with van der Waals surface area (Å²) in [6, 6.07) is 17.1. The first-order valence-electron chi connectivity index (χ1n) is 9.90. The van der Waals surface area contributed by atoms with Crippen LogP contribution in [0, 0.1) is 5.82 Å². The van der Waals surface area contributed by atoms with Crippen LogP contribution in [0.2, 0.25) is 5.02 Å². The predicted octanol–water partition coefficient (Wildman–Crippen LogP) is 6.06. The lowest BCUT2D eigenvalue weighted by atomic mass is 9.99. The van der Waals surface area contributed by atoms with Crippen molar-refractivity contribution in [3.8, 4) is 11.4 Å². The Labute approximate surface area is 180 Å². The number of aryl methyl sites for hydroxylation is 2. The Kier molecular flexibility index (Phi) is 6.36. The second-order valence-corrected chi connectivity index (χ2v) is 7.70. The zero-order valence-electron chi connectivity index (χ0n) is 16.7. The molecule has 1 heterocycles. The van der Waals surface area contributed by atoms with E-state index in [0.717, 1.165) is 34.9 Å². The molecular weight excluding hydrogens is 399 g/mol. The Bertz CT molecular complexity index is 1140. The van der Waals surface area contributed by atoms with Gasteiger partial charge < -0.3 is 4.74 Å². The van der Waals surface area contributed by atoms with Gasteiger partial charge in [-0.05, 0) is 59.5 Å². The Balaban J connectivity index is 1.54. The minimum absolute atomic E-state index is 0.163. The lowest BCUT2D eigenvalue weighted by molar-refractivity contribution is 0.202. The lowest BCUT2D eigenvalue weighted by Gasteiger charge is -2.09. The number of hydrogen-bond acceptors (Lipinski definition) is 3. The summed E-state index contributed by atoms with van der Waals surface area (Å²) in [5, 5.41) is 2.16. The first-order valence-corrected chi connectivity index (χ1v) is 10.3. The van der Waals surface area contributed by atoms with Crippen LogP contribution in [0.15, 0.2) is 67.0 Å². The van der Waals surface area contributed by atoms with Crippen molar-refractivity contribution in [2.45, 2.75) is 19.3 Å². The van der Waals surface area contributed by atoms with Crippen LogP contribution in [-0.4, -0.2) is 23.7 Å². The molecule has 1 aromatic heterocycles. The van der Waals surface area contributed by atoms with Crippen LogP contribution in [0.1, 0.15) is 16.7 Å². The third-order valence-electron chi connectivity index (χ3n) is 5.19. The Morgan fingerprint density at radius 1 is 0.867 bits per heavy atom. The molecular formula is C25H22ClFN2O. The zero-order valence-corrected chi connectivity index (χ0v) is 17.5. The molecule has 0 amide bonds. The highest BCUT2D eigenvalue weighted by Crippen LogP contribution is 2.27. The highest BCUT2D eigenvalue weighted by atomic mass is 35.5. The summed E-state index contributed by atoms with van der Waals surface area (Å²) in [5.74, 6) is 0.467. The monoisotopic (exact) mass is 420 g/mol. The van der Waals surface area contributed by atoms with Crippen molar-refractivity contribution in [1.82, 2.24) is 9.97 Å². The number of halogens is 2. The molecule has 4 aromatic rings. The van der Waals surface area contributed by atoms with Gasteiger partial charge in [0, 0.05) is 35.5 Å². The van der Waals surface area contributed by atoms with E-state index in [4.69, 9.17) is 16.3 Å². The number of methoxy groups -OCH3 is 1. The predicted molar refractivity (Wildman–Crippen MR) is 119 cm³/mol. The summed E-state index contributed by atoms with van der Waals surface area (Å²) in [7, 11) is 1.67. The normalized spacial score (nSPS) is 11.2. The Morgan fingerprint density at radius 3 is 2.37 bits per heavy atom. The average Bonchev–Trinajstić information content (AvgIpc) is 2.78. The fourth-order valence-corrected chi connectivity index (χ4v) is 3.58. The fraction of sp³-hybridized carbons (Fsp3) is 0.200. The molecule has 0 bridgehead atoms. The highest BCUT2D eigenvalue weighted by molar-refractivity contribution is 6.30. The van der Waals surface area contributed by atoms with Gasteiger partial charge in [-0.15, -0.1) is 0 Å². The third kappa shape index (κ3) is 4.66. The second-order valence-electron chi connectivity index (χ2n) is 7.26. The lowest BCUT2D eigenvalue weighted by Crippen LogP contribution is -1.98. The van der Waals surface area contributed by atoms with E-state index in [0.29, 0.717) is 34.8 Å². The van der Waals surface area contributed by atoms with E-state index in [2.05, 4.69) is 9.97 Å². The molecule has 3 nitrogen and oxygen atoms in total. The van der Waals surface area contributed by atoms with Crippen molar-refractivity contribution in [3.05, 3.63) is 94.5 Å². The minimum Gasteiger partial charge on any atom is -0.384 e. The molecule has 152 valence electrons. The smallest absolute Gasteiger partial charge is 0.159 e. The van der Waals surface area contributed by atoms with Gasteiger partial charge >= 0.3 is 0 Å². The quantitative estimate of drug-likeness (QED) is 0.364. The molecule has 0 fully saturated rings. The summed E-state index contributed by atoms with van der Waals surface area (Å²) in [6.07, 6.45) is 5.80. The number of aromatic nitrogens is 2. The molecule has 0 saturated carbocycles. The van der Waals surface area contributed by atoms with Crippen LogP contribution < -0.4 is 0 Å². The van der Waals surface area contributed by atoms with Crippen LogP contribution in [0.3, 0.4) is 0 Å². The molecule has 4 rings (SSSR count). The zero-order chi connectivity index (χ0) is 20.9. The summed E-state index contributed by atoms with van der Waals surface area (Å²) in [4.78, 5) is 8.90. The van der Waals surface area contributed by atoms with Crippen molar-refractivity contribution in [3.63, 3.8) is 0 Å². The number of rotatable bonds is 7. The largest absolute Gasteiger partial charge is 0.384 e. The minimum atomic E-state index is -0.163. The van der Waals surface area contributed by atoms with E-state index >= 15 is 4.39 Å². The van der Waals surface area contributed by atoms with Crippen LogP contribution in [0.25, 0.3) is 22.2 Å². The standard InChI is InChI=1S/C25H22ClFN2O/c1-30-13-12-18-15-28-25(29-16-18)21-8-11-23-20(14-21)7-6-19(24(23)27)5-2-17-3-9-22(26)10-4-17/h3-4,6-11,14-16H,2,5,12-13H2,1H3. The van der Waals surface area contributed by atoms with Gasteiger partial charge in [-0.3, -0.25) is 0 Å². The van der Waals surface area contributed by atoms with Crippen LogP contribution in [0.5, 0.6) is 0 Å². The number of benzene rings is 3. The second kappa shape index (κ2) is 9.33. The van der Waals surface area contributed by atoms with Gasteiger partial charge in [0.05, 0.1) is 6.61 Å². The maximum Gasteiger partial charge on any atom is 0.159 e. The number of nitrogens with zero attached hydrogens (tertiary/aromatic N) is 2. The molecule has 0 saturated heterocycles. The topological polar surface area (TPSA) is 35.0 Å². The molecule has 30 heavy (non-hydrogen) atoms. The molecule has 0 radical (unpaired) electrons. The van der Waals surface area contributed by atoms with E-state index in [-0.39, 0.29) is 5.82 Å². The average molecular weight is 421 g/mol. The van der Waals surface area contributed by atoms with Crippen molar-refractivity contribution >= 4 is 22.4 Å². The van der Waals surface area contributed by atoms with Crippen LogP contribution in [0.4, 0.5) is 4.39 Å². The summed E-state index contributed by atoms with van der Waals surface area (Å²) in [6.45, 7) is 0.637. The first kappa shape index (κ1) is 20.5. The van der Waals surface area contributed by atoms with Gasteiger partial charge in [-0.25, -0.2) is 14.4 Å². The van der Waals surface area contributed by atoms with Crippen LogP contribution in [-0.2, 0) is 24.0 Å². The Morgan fingerprint density at radius 2 is 1.63 bits per heavy atom. The molecule has 0 aliphatic rings. The van der Waals surface area contributed by atoms with Crippen molar-refractivity contribution in [1.29, 1.82) is 0 Å². The highest BCUT2D eigenvalue weighted by Gasteiger charge is 2.10. The van der Waals surface area contributed by atoms with Crippen molar-refractivity contribution in [2.24, 2.45) is 0 Å². The van der Waals surface area contributed by atoms with Gasteiger partial charge in [0.1, 0.15) is 5.82 Å². The molecule has 0 aliphatic carbocycles. The Hall–Kier alpha value is -2.82. The summed E-state index contributed by atoms with van der Waals surface area (Å²) < 4.78 is 20.2. The van der Waals surface area contributed by atoms with E-state index in [9.17, 15) is 0 Å². The maximum atomic E-state index is 15.1. The van der Waals surface area contributed by atoms with Gasteiger partial charge in [0.2, 0.25) is 0 Å². The molecule has 3 aromatic carbocycles. The maximum absolute atomic E-state index is 15.1. The van der Waals surface area contributed by atoms with Crippen molar-refractivity contribution < 1.29 is 9.13 Å². The van der Waals surface area contributed by atoms with Gasteiger partial charge in [-0.1, -0.05) is 48.0 Å².